The number of benzene rings is 3. The minimum Gasteiger partial charge on any atom is -0.497 e. The molecule has 1 heterocycles. The smallest absolute Gasteiger partial charge is 0.167 e. The first-order valence-electron chi connectivity index (χ1n) is 10.5. The van der Waals surface area contributed by atoms with E-state index in [9.17, 15) is 9.59 Å². The molecule has 3 aromatic carbocycles. The third kappa shape index (κ3) is 4.44. The van der Waals surface area contributed by atoms with E-state index in [0.717, 1.165) is 65.7 Å². The molecule has 1 aliphatic rings. The molecule has 0 saturated carbocycles. The molecule has 154 valence electrons. The van der Waals surface area contributed by atoms with Crippen LogP contribution in [0.25, 0.3) is 10.8 Å². The van der Waals surface area contributed by atoms with Crippen LogP contribution >= 0.6 is 0 Å². The van der Waals surface area contributed by atoms with Gasteiger partial charge in [0.1, 0.15) is 5.75 Å². The van der Waals surface area contributed by atoms with Crippen LogP contribution in [0, 0.1) is 5.92 Å². The second-order valence-corrected chi connectivity index (χ2v) is 8.12. The summed E-state index contributed by atoms with van der Waals surface area (Å²) in [5.41, 5.74) is 2.64. The van der Waals surface area contributed by atoms with Gasteiger partial charge >= 0.3 is 0 Å². The molecule has 1 atom stereocenters. The van der Waals surface area contributed by atoms with Gasteiger partial charge in [0, 0.05) is 30.1 Å². The molecule has 4 heteroatoms. The minimum atomic E-state index is 0.00504. The number of Topliss-reactive ketones (excluding diaryl/α,β-unsaturated/α-hetero) is 2. The van der Waals surface area contributed by atoms with Crippen LogP contribution in [0.2, 0.25) is 0 Å². The topological polar surface area (TPSA) is 46.6 Å². The monoisotopic (exact) mass is 401 g/mol. The molecule has 0 bridgehead atoms. The number of ether oxygens (including phenoxy) is 1. The Labute approximate surface area is 177 Å². The van der Waals surface area contributed by atoms with E-state index in [1.54, 1.807) is 14.0 Å². The lowest BCUT2D eigenvalue weighted by Gasteiger charge is -2.32. The molecule has 4 rings (SSSR count). The summed E-state index contributed by atoms with van der Waals surface area (Å²) in [6.07, 6.45) is 1.93. The first-order valence-corrected chi connectivity index (χ1v) is 10.5. The number of rotatable bonds is 6. The molecule has 0 spiro atoms. The van der Waals surface area contributed by atoms with Gasteiger partial charge in [-0.1, -0.05) is 36.4 Å². The largest absolute Gasteiger partial charge is 0.497 e. The third-order valence-electron chi connectivity index (χ3n) is 5.95. The molecule has 30 heavy (non-hydrogen) atoms. The highest BCUT2D eigenvalue weighted by Gasteiger charge is 2.26. The standard InChI is InChI=1S/C26H27NO3/c1-18(28)20-6-3-5-19(13-20)16-27-12-4-7-24(17-27)26(29)23-9-8-22-15-25(30-2)11-10-21(22)14-23/h3,5-6,8-11,13-15,24H,4,7,12,16-17H2,1-2H3/t24-/m1/s1. The van der Waals surface area contributed by atoms with E-state index in [4.69, 9.17) is 4.74 Å². The highest BCUT2D eigenvalue weighted by Crippen LogP contribution is 2.26. The molecule has 1 aliphatic heterocycles. The number of fused-ring (bicyclic) bond motifs is 1. The number of carbonyl (C=O) groups is 2. The molecule has 4 nitrogen and oxygen atoms in total. The second kappa shape index (κ2) is 8.80. The lowest BCUT2D eigenvalue weighted by atomic mass is 9.89. The van der Waals surface area contributed by atoms with Crippen LogP contribution in [0.4, 0.5) is 0 Å². The Hall–Kier alpha value is -2.98. The summed E-state index contributed by atoms with van der Waals surface area (Å²) in [5.74, 6) is 1.12. The highest BCUT2D eigenvalue weighted by atomic mass is 16.5. The minimum absolute atomic E-state index is 0.00504. The van der Waals surface area contributed by atoms with Gasteiger partial charge in [0.05, 0.1) is 7.11 Å². The number of nitrogens with zero attached hydrogens (tertiary/aromatic N) is 1. The average Bonchev–Trinajstić information content (AvgIpc) is 2.78. The SMILES string of the molecule is COc1ccc2cc(C(=O)[C@@H]3CCCN(Cc4cccc(C(C)=O)c4)C3)ccc2c1. The maximum absolute atomic E-state index is 13.2. The van der Waals surface area contributed by atoms with Gasteiger partial charge in [0.2, 0.25) is 0 Å². The van der Waals surface area contributed by atoms with Gasteiger partial charge in [-0.05, 0) is 66.9 Å². The van der Waals surface area contributed by atoms with Crippen molar-refractivity contribution in [2.75, 3.05) is 20.2 Å². The van der Waals surface area contributed by atoms with Crippen molar-refractivity contribution in [3.63, 3.8) is 0 Å². The molecule has 0 aromatic heterocycles. The van der Waals surface area contributed by atoms with Gasteiger partial charge in [-0.2, -0.15) is 0 Å². The summed E-state index contributed by atoms with van der Waals surface area (Å²) in [6.45, 7) is 4.09. The molecule has 0 radical (unpaired) electrons. The fourth-order valence-electron chi connectivity index (χ4n) is 4.30. The molecule has 1 fully saturated rings. The fraction of sp³-hybridized carbons (Fsp3) is 0.308. The number of hydrogen-bond acceptors (Lipinski definition) is 4. The van der Waals surface area contributed by atoms with Crippen molar-refractivity contribution in [2.24, 2.45) is 5.92 Å². The zero-order chi connectivity index (χ0) is 21.1. The Morgan fingerprint density at radius 1 is 1.00 bits per heavy atom. The van der Waals surface area contributed by atoms with Crippen molar-refractivity contribution >= 4 is 22.3 Å². The van der Waals surface area contributed by atoms with Crippen molar-refractivity contribution in [3.05, 3.63) is 77.4 Å². The average molecular weight is 402 g/mol. The summed E-state index contributed by atoms with van der Waals surface area (Å²) in [5, 5.41) is 2.12. The predicted octanol–water partition coefficient (Wildman–Crippen LogP) is 5.15. The first-order chi connectivity index (χ1) is 14.5. The lowest BCUT2D eigenvalue weighted by Crippen LogP contribution is -2.38. The van der Waals surface area contributed by atoms with Crippen molar-refractivity contribution < 1.29 is 14.3 Å². The Morgan fingerprint density at radius 2 is 1.80 bits per heavy atom. The zero-order valence-corrected chi connectivity index (χ0v) is 17.6. The first kappa shape index (κ1) is 20.3. The number of piperidine rings is 1. The van der Waals surface area contributed by atoms with Crippen LogP contribution in [0.15, 0.2) is 60.7 Å². The van der Waals surface area contributed by atoms with Crippen LogP contribution in [0.3, 0.4) is 0 Å². The van der Waals surface area contributed by atoms with Crippen molar-refractivity contribution in [3.8, 4) is 5.75 Å². The number of likely N-dealkylation sites (tertiary alicyclic amines) is 1. The predicted molar refractivity (Wildman–Crippen MR) is 119 cm³/mol. The molecule has 0 aliphatic carbocycles. The Kier molecular flexibility index (Phi) is 5.96. The molecule has 0 amide bonds. The zero-order valence-electron chi connectivity index (χ0n) is 17.6. The molecule has 0 N–H and O–H groups in total. The molecular weight excluding hydrogens is 374 g/mol. The number of hydrogen-bond donors (Lipinski definition) is 0. The van der Waals surface area contributed by atoms with E-state index in [1.807, 2.05) is 54.6 Å². The van der Waals surface area contributed by atoms with E-state index < -0.39 is 0 Å². The number of carbonyl (C=O) groups excluding carboxylic acids is 2. The van der Waals surface area contributed by atoms with Crippen LogP contribution in [-0.4, -0.2) is 36.7 Å². The quantitative estimate of drug-likeness (QED) is 0.536. The maximum atomic E-state index is 13.2. The van der Waals surface area contributed by atoms with Crippen molar-refractivity contribution in [1.82, 2.24) is 4.90 Å². The van der Waals surface area contributed by atoms with E-state index in [1.165, 1.54) is 0 Å². The summed E-state index contributed by atoms with van der Waals surface area (Å²) in [4.78, 5) is 27.2. The van der Waals surface area contributed by atoms with Gasteiger partial charge in [0.15, 0.2) is 11.6 Å². The third-order valence-corrected chi connectivity index (χ3v) is 5.95. The molecule has 1 saturated heterocycles. The van der Waals surface area contributed by atoms with Crippen LogP contribution in [0.1, 0.15) is 46.0 Å². The van der Waals surface area contributed by atoms with E-state index in [-0.39, 0.29) is 17.5 Å². The summed E-state index contributed by atoms with van der Waals surface area (Å²) in [7, 11) is 1.66. The van der Waals surface area contributed by atoms with Crippen molar-refractivity contribution in [1.29, 1.82) is 0 Å². The van der Waals surface area contributed by atoms with Crippen molar-refractivity contribution in [2.45, 2.75) is 26.3 Å². The van der Waals surface area contributed by atoms with Gasteiger partial charge < -0.3 is 4.74 Å². The lowest BCUT2D eigenvalue weighted by molar-refractivity contribution is 0.0811. The highest BCUT2D eigenvalue weighted by molar-refractivity contribution is 6.01. The van der Waals surface area contributed by atoms with Crippen LogP contribution in [0.5, 0.6) is 5.75 Å². The number of ketones is 2. The van der Waals surface area contributed by atoms with E-state index in [2.05, 4.69) is 11.0 Å². The summed E-state index contributed by atoms with van der Waals surface area (Å²) >= 11 is 0. The number of methoxy groups -OCH3 is 1. The Bertz CT molecular complexity index is 1090. The Morgan fingerprint density at radius 3 is 2.60 bits per heavy atom. The fourth-order valence-corrected chi connectivity index (χ4v) is 4.30. The Balaban J connectivity index is 1.47. The van der Waals surface area contributed by atoms with Crippen LogP contribution in [-0.2, 0) is 6.54 Å². The van der Waals surface area contributed by atoms with E-state index in [0.29, 0.717) is 0 Å². The molecular formula is C26H27NO3. The normalized spacial score (nSPS) is 17.1. The van der Waals surface area contributed by atoms with Gasteiger partial charge in [0.25, 0.3) is 0 Å². The van der Waals surface area contributed by atoms with E-state index >= 15 is 0 Å². The van der Waals surface area contributed by atoms with Crippen LogP contribution < -0.4 is 4.74 Å². The second-order valence-electron chi connectivity index (χ2n) is 8.12. The summed E-state index contributed by atoms with van der Waals surface area (Å²) in [6, 6.07) is 19.6. The van der Waals surface area contributed by atoms with Gasteiger partial charge in [-0.15, -0.1) is 0 Å². The maximum Gasteiger partial charge on any atom is 0.167 e. The van der Waals surface area contributed by atoms with Gasteiger partial charge in [-0.3, -0.25) is 14.5 Å². The molecule has 0 unspecified atom stereocenters. The summed E-state index contributed by atoms with van der Waals surface area (Å²) < 4.78 is 5.29. The molecule has 3 aromatic rings. The van der Waals surface area contributed by atoms with Gasteiger partial charge in [-0.25, -0.2) is 0 Å².